The van der Waals surface area contributed by atoms with Crippen LogP contribution >= 0.6 is 0 Å². The van der Waals surface area contributed by atoms with Crippen LogP contribution in [0, 0.1) is 10.9 Å². The van der Waals surface area contributed by atoms with Crippen molar-refractivity contribution in [3.05, 3.63) is 22.7 Å². The first-order chi connectivity index (χ1) is 6.69. The average molecular weight is 198 g/mol. The number of nitrogens with zero attached hydrogens (tertiary/aromatic N) is 5. The summed E-state index contributed by atoms with van der Waals surface area (Å²) in [6, 6.07) is 0. The molecular weight excluding hydrogens is 195 g/mol. The molecule has 1 heterocycles. The van der Waals surface area contributed by atoms with Crippen LogP contribution in [0.15, 0.2) is 21.7 Å². The summed E-state index contributed by atoms with van der Waals surface area (Å²) in [7, 11) is 0. The standard InChI is InChI=1S/C5H3FN6O2/c6-2-1-8-4(11-14)3(9-2)5(13)10-12-7/h1H,(H2,7,10,13). The number of aromatic nitrogens is 2. The van der Waals surface area contributed by atoms with Gasteiger partial charge in [-0.3, -0.25) is 4.79 Å². The Morgan fingerprint density at radius 3 is 2.86 bits per heavy atom. The van der Waals surface area contributed by atoms with E-state index in [1.165, 1.54) is 0 Å². The summed E-state index contributed by atoms with van der Waals surface area (Å²) in [6.45, 7) is 0. The highest BCUT2D eigenvalue weighted by Crippen LogP contribution is 2.13. The molecule has 1 aromatic heterocycles. The number of nitroso groups, excluding NO2 is 1. The van der Waals surface area contributed by atoms with Crippen molar-refractivity contribution >= 4 is 11.7 Å². The van der Waals surface area contributed by atoms with Crippen LogP contribution in [0.5, 0.6) is 0 Å². The van der Waals surface area contributed by atoms with E-state index in [4.69, 9.17) is 0 Å². The zero-order chi connectivity index (χ0) is 10.6. The van der Waals surface area contributed by atoms with E-state index in [1.54, 1.807) is 0 Å². The molecule has 0 fully saturated rings. The summed E-state index contributed by atoms with van der Waals surface area (Å²) < 4.78 is 12.5. The minimum absolute atomic E-state index is 0.566. The van der Waals surface area contributed by atoms with E-state index in [2.05, 4.69) is 31.3 Å². The summed E-state index contributed by atoms with van der Waals surface area (Å²) >= 11 is 0. The van der Waals surface area contributed by atoms with E-state index >= 15 is 0 Å². The zero-order valence-corrected chi connectivity index (χ0v) is 6.59. The smallest absolute Gasteiger partial charge is 0.304 e. The number of rotatable bonds is 2. The van der Waals surface area contributed by atoms with Crippen molar-refractivity contribution in [3.8, 4) is 0 Å². The maximum absolute atomic E-state index is 12.5. The number of carbonyl (C=O) groups excluding carboxylic acids is 1. The molecule has 0 atom stereocenters. The number of amides is 1. The third-order valence-corrected chi connectivity index (χ3v) is 1.16. The Labute approximate surface area is 76.0 Å². The molecule has 1 rings (SSSR count). The van der Waals surface area contributed by atoms with Gasteiger partial charge in [0.25, 0.3) is 0 Å². The predicted molar refractivity (Wildman–Crippen MR) is 40.8 cm³/mol. The molecule has 72 valence electrons. The van der Waals surface area contributed by atoms with Gasteiger partial charge in [0, 0.05) is 0 Å². The first-order valence-electron chi connectivity index (χ1n) is 3.20. The Morgan fingerprint density at radius 2 is 2.29 bits per heavy atom. The first-order valence-corrected chi connectivity index (χ1v) is 3.20. The summed E-state index contributed by atoms with van der Waals surface area (Å²) in [4.78, 5) is 27.4. The van der Waals surface area contributed by atoms with Crippen molar-refractivity contribution < 1.29 is 9.18 Å². The van der Waals surface area contributed by atoms with Crippen LogP contribution in [0.1, 0.15) is 10.5 Å². The van der Waals surface area contributed by atoms with Gasteiger partial charge in [-0.05, 0) is 5.18 Å². The Bertz CT molecular complexity index is 405. The van der Waals surface area contributed by atoms with Crippen LogP contribution < -0.4 is 5.84 Å². The molecule has 14 heavy (non-hydrogen) atoms. The fourth-order valence-electron chi connectivity index (χ4n) is 0.671. The Balaban J connectivity index is 3.23. The van der Waals surface area contributed by atoms with Crippen LogP contribution in [0.3, 0.4) is 0 Å². The molecule has 1 aromatic rings. The van der Waals surface area contributed by atoms with Gasteiger partial charge in [-0.1, -0.05) is 10.3 Å². The molecule has 0 aliphatic heterocycles. The zero-order valence-electron chi connectivity index (χ0n) is 6.59. The number of hydrogen-bond acceptors (Lipinski definition) is 6. The predicted octanol–water partition coefficient (Wildman–Crippen LogP) is 0.480. The van der Waals surface area contributed by atoms with Crippen molar-refractivity contribution in [2.45, 2.75) is 0 Å². The molecular formula is C5H3FN6O2. The second kappa shape index (κ2) is 4.07. The molecule has 0 radical (unpaired) electrons. The lowest BCUT2D eigenvalue weighted by atomic mass is 10.4. The summed E-state index contributed by atoms with van der Waals surface area (Å²) in [6.07, 6.45) is 0.646. The van der Waals surface area contributed by atoms with E-state index in [0.717, 1.165) is 0 Å². The topological polar surface area (TPSA) is 123 Å². The van der Waals surface area contributed by atoms with Gasteiger partial charge in [-0.25, -0.2) is 9.97 Å². The van der Waals surface area contributed by atoms with E-state index < -0.39 is 23.4 Å². The van der Waals surface area contributed by atoms with Crippen LogP contribution in [0.25, 0.3) is 0 Å². The highest BCUT2D eigenvalue weighted by atomic mass is 19.1. The van der Waals surface area contributed by atoms with Gasteiger partial charge in [-0.15, -0.1) is 4.91 Å². The van der Waals surface area contributed by atoms with Gasteiger partial charge in [0.1, 0.15) is 0 Å². The fraction of sp³-hybridized carbons (Fsp3) is 0. The van der Waals surface area contributed by atoms with E-state index in [-0.39, 0.29) is 0 Å². The van der Waals surface area contributed by atoms with Crippen LogP contribution in [0.2, 0.25) is 0 Å². The Hall–Kier alpha value is -2.32. The summed E-state index contributed by atoms with van der Waals surface area (Å²) in [5.74, 6) is 1.89. The highest BCUT2D eigenvalue weighted by molar-refractivity contribution is 5.96. The quantitative estimate of drug-likeness (QED) is 0.320. The number of hydrogen-bond donors (Lipinski definition) is 1. The van der Waals surface area contributed by atoms with Crippen molar-refractivity contribution in [2.75, 3.05) is 0 Å². The minimum Gasteiger partial charge on any atom is -0.304 e. The lowest BCUT2D eigenvalue weighted by Gasteiger charge is -1.94. The molecule has 0 spiro atoms. The molecule has 0 aliphatic carbocycles. The maximum atomic E-state index is 12.5. The lowest BCUT2D eigenvalue weighted by molar-refractivity contribution is 0.0988. The Morgan fingerprint density at radius 1 is 1.57 bits per heavy atom. The van der Waals surface area contributed by atoms with Gasteiger partial charge in [0.2, 0.25) is 11.8 Å². The summed E-state index contributed by atoms with van der Waals surface area (Å²) in [5, 5.41) is 7.86. The molecule has 0 saturated heterocycles. The van der Waals surface area contributed by atoms with Crippen LogP contribution in [-0.2, 0) is 0 Å². The second-order valence-corrected chi connectivity index (χ2v) is 1.98. The first kappa shape index (κ1) is 9.77. The fourth-order valence-corrected chi connectivity index (χ4v) is 0.671. The molecule has 1 amide bonds. The maximum Gasteiger partial charge on any atom is 0.319 e. The van der Waals surface area contributed by atoms with E-state index in [9.17, 15) is 14.1 Å². The number of halogens is 1. The van der Waals surface area contributed by atoms with Gasteiger partial charge in [0.05, 0.1) is 6.20 Å². The third kappa shape index (κ3) is 1.88. The van der Waals surface area contributed by atoms with Crippen LogP contribution in [0.4, 0.5) is 10.2 Å². The SMILES string of the molecule is NN=NC(=O)c1nc(F)cnc1N=O. The molecule has 0 aromatic carbocycles. The third-order valence-electron chi connectivity index (χ3n) is 1.16. The lowest BCUT2D eigenvalue weighted by Crippen LogP contribution is -2.03. The molecule has 0 unspecified atom stereocenters. The van der Waals surface area contributed by atoms with Crippen molar-refractivity contribution in [1.82, 2.24) is 9.97 Å². The van der Waals surface area contributed by atoms with E-state index in [1.807, 2.05) is 0 Å². The highest BCUT2D eigenvalue weighted by Gasteiger charge is 2.16. The Kier molecular flexibility index (Phi) is 2.84. The van der Waals surface area contributed by atoms with Crippen LogP contribution in [-0.4, -0.2) is 15.9 Å². The number of nitrogens with two attached hydrogens (primary N) is 1. The van der Waals surface area contributed by atoms with Crippen molar-refractivity contribution in [1.29, 1.82) is 0 Å². The van der Waals surface area contributed by atoms with Gasteiger partial charge in [-0.2, -0.15) is 4.39 Å². The molecule has 0 saturated carbocycles. The average Bonchev–Trinajstić information content (AvgIpc) is 2.18. The van der Waals surface area contributed by atoms with Crippen molar-refractivity contribution in [3.63, 3.8) is 0 Å². The van der Waals surface area contributed by atoms with Gasteiger partial charge in [0.15, 0.2) is 5.69 Å². The van der Waals surface area contributed by atoms with Gasteiger partial charge >= 0.3 is 5.91 Å². The minimum atomic E-state index is -1.09. The number of carbonyl (C=O) groups is 1. The molecule has 9 heteroatoms. The largest absolute Gasteiger partial charge is 0.319 e. The van der Waals surface area contributed by atoms with Gasteiger partial charge < -0.3 is 5.84 Å². The molecule has 0 bridgehead atoms. The monoisotopic (exact) mass is 198 g/mol. The van der Waals surface area contributed by atoms with Crippen molar-refractivity contribution in [2.24, 2.45) is 21.4 Å². The normalized spacial score (nSPS) is 10.4. The molecule has 2 N–H and O–H groups in total. The second-order valence-electron chi connectivity index (χ2n) is 1.98. The molecule has 0 aliphatic rings. The summed E-state index contributed by atoms with van der Waals surface area (Å²) in [5.41, 5.74) is -0.630. The van der Waals surface area contributed by atoms with E-state index in [0.29, 0.717) is 6.20 Å². The molecule has 8 nitrogen and oxygen atoms in total.